The second-order valence-corrected chi connectivity index (χ2v) is 0.575. The predicted molar refractivity (Wildman–Crippen MR) is 12.3 cm³/mol. The fourth-order valence-electron chi connectivity index (χ4n) is 0. The molecule has 0 bridgehead atoms. The Hall–Kier alpha value is 0.140. The average molecular weight is 90.1 g/mol. The Bertz CT molecular complexity index is 8.00. The van der Waals surface area contributed by atoms with Gasteiger partial charge in [-0.15, -0.1) is 11.7 Å². The van der Waals surface area contributed by atoms with Crippen molar-refractivity contribution in [2.75, 3.05) is 0 Å². The van der Waals surface area contributed by atoms with Crippen LogP contribution in [0.15, 0.2) is 0 Å². The van der Waals surface area contributed by atoms with Gasteiger partial charge >= 0.3 is 0 Å². The summed E-state index contributed by atoms with van der Waals surface area (Å²) in [5, 5.41) is 0. The Balaban J connectivity index is 2.32. The third kappa shape index (κ3) is 142. The van der Waals surface area contributed by atoms with Gasteiger partial charge in [0.2, 0.25) is 0 Å². The van der Waals surface area contributed by atoms with Crippen LogP contribution in [0.2, 0.25) is 0 Å². The summed E-state index contributed by atoms with van der Waals surface area (Å²) in [4.78, 5) is 0. The summed E-state index contributed by atoms with van der Waals surface area (Å²) in [5.74, 6) is 0. The van der Waals surface area contributed by atoms with Gasteiger partial charge in [-0.3, -0.25) is 0 Å². The molecule has 0 aromatic heterocycles. The second kappa shape index (κ2) is 1.46. The van der Waals surface area contributed by atoms with Gasteiger partial charge in [0, 0.05) is 0 Å². The van der Waals surface area contributed by atoms with Crippen molar-refractivity contribution in [2.24, 2.45) is 0 Å². The van der Waals surface area contributed by atoms with Crippen molar-refractivity contribution in [2.45, 2.75) is 0 Å². The summed E-state index contributed by atoms with van der Waals surface area (Å²) in [6.45, 7) is 0. The van der Waals surface area contributed by atoms with Crippen LogP contribution >= 0.6 is 12.1 Å². The van der Waals surface area contributed by atoms with Crippen molar-refractivity contribution in [1.82, 2.24) is 0 Å². The first kappa shape index (κ1) is 4.14. The largest absolute Gasteiger partial charge is 0.198 e. The lowest BCUT2D eigenvalue weighted by Crippen LogP contribution is -1.20. The van der Waals surface area contributed by atoms with Crippen LogP contribution in [0, 0.1) is 0 Å². The van der Waals surface area contributed by atoms with Crippen molar-refractivity contribution in [3.8, 4) is 0 Å². The SMILES string of the molecule is F[SH](F)F. The molecule has 0 aliphatic heterocycles. The van der Waals surface area contributed by atoms with Gasteiger partial charge in [0.05, 0.1) is 0 Å². The van der Waals surface area contributed by atoms with Gasteiger partial charge in [0.15, 0.2) is 12.1 Å². The van der Waals surface area contributed by atoms with E-state index in [1.165, 1.54) is 0 Å². The van der Waals surface area contributed by atoms with E-state index in [1.54, 1.807) is 0 Å². The quantitative estimate of drug-likeness (QED) is 0.429. The lowest BCUT2D eigenvalue weighted by molar-refractivity contribution is 0.676. The molecule has 0 unspecified atom stereocenters. The molecule has 28 valence electrons. The molecule has 0 saturated carbocycles. The van der Waals surface area contributed by atoms with E-state index in [1.807, 2.05) is 0 Å². The summed E-state index contributed by atoms with van der Waals surface area (Å²) in [6, 6.07) is 0. The third-order valence-corrected chi connectivity index (χ3v) is 0. The minimum absolute atomic E-state index is 4.12. The molecule has 0 amide bonds. The lowest BCUT2D eigenvalue weighted by atomic mass is 18.8. The van der Waals surface area contributed by atoms with Crippen LogP contribution in [0.4, 0.5) is 11.7 Å². The zero-order chi connectivity index (χ0) is 3.58. The highest BCUT2D eigenvalue weighted by atomic mass is 32.3. The Morgan fingerprint density at radius 3 is 1.00 bits per heavy atom. The van der Waals surface area contributed by atoms with Gasteiger partial charge in [-0.05, 0) is 0 Å². The summed E-state index contributed by atoms with van der Waals surface area (Å²) >= 11 is -4.12. The Morgan fingerprint density at radius 1 is 1.00 bits per heavy atom. The van der Waals surface area contributed by atoms with Crippen LogP contribution in [-0.4, -0.2) is 0 Å². The van der Waals surface area contributed by atoms with Crippen molar-refractivity contribution >= 4 is 12.1 Å². The molecule has 0 atom stereocenters. The maximum absolute atomic E-state index is 9.73. The molecule has 0 spiro atoms. The predicted octanol–water partition coefficient (Wildman–Crippen LogP) is 1.64. The number of halogens is 3. The average Bonchev–Trinajstić information content (AvgIpc) is 0.811. The number of hydrogen-bond acceptors (Lipinski definition) is 0. The van der Waals surface area contributed by atoms with Gasteiger partial charge in [-0.2, -0.15) is 0 Å². The maximum Gasteiger partial charge on any atom is 0.198 e. The molecule has 0 aromatic rings. The molecule has 4 heteroatoms. The second-order valence-electron chi connectivity index (χ2n) is 0.192. The van der Waals surface area contributed by atoms with Crippen molar-refractivity contribution < 1.29 is 11.7 Å². The highest BCUT2D eigenvalue weighted by Crippen LogP contribution is 2.27. The Labute approximate surface area is 24.8 Å². The Morgan fingerprint density at radius 2 is 1.00 bits per heavy atom. The Kier molecular flexibility index (Phi) is 1.51. The van der Waals surface area contributed by atoms with Gasteiger partial charge < -0.3 is 0 Å². The van der Waals surface area contributed by atoms with E-state index in [0.717, 1.165) is 0 Å². The molecular formula is HF3S. The molecule has 0 fully saturated rings. The number of thiol groups is 1. The molecule has 0 saturated heterocycles. The highest BCUT2D eigenvalue weighted by molar-refractivity contribution is 8.02. The van der Waals surface area contributed by atoms with Crippen molar-refractivity contribution in [3.05, 3.63) is 0 Å². The summed E-state index contributed by atoms with van der Waals surface area (Å²) in [7, 11) is 0. The fraction of sp³-hybridized carbons (Fsp3) is 0. The fourth-order valence-corrected chi connectivity index (χ4v) is 0. The van der Waals surface area contributed by atoms with E-state index in [-0.39, 0.29) is 0 Å². The molecule has 0 radical (unpaired) electrons. The standard InChI is InChI=1S/F3HS/c1-4(2)3/h4H. The van der Waals surface area contributed by atoms with Crippen molar-refractivity contribution in [1.29, 1.82) is 0 Å². The normalized spacial score (nSPS) is 11.2. The van der Waals surface area contributed by atoms with E-state index >= 15 is 0 Å². The lowest BCUT2D eigenvalue weighted by Gasteiger charge is -1.70. The summed E-state index contributed by atoms with van der Waals surface area (Å²) in [5.41, 5.74) is 0. The van der Waals surface area contributed by atoms with E-state index in [0.29, 0.717) is 0 Å². The molecular weight excluding hydrogens is 89.1 g/mol. The molecule has 0 heterocycles. The summed E-state index contributed by atoms with van der Waals surface area (Å²) < 4.78 is 29.2. The van der Waals surface area contributed by atoms with Gasteiger partial charge in [-0.1, -0.05) is 0 Å². The van der Waals surface area contributed by atoms with E-state index < -0.39 is 12.1 Å². The zero-order valence-corrected chi connectivity index (χ0v) is 2.48. The van der Waals surface area contributed by atoms with E-state index in [9.17, 15) is 11.7 Å². The van der Waals surface area contributed by atoms with Gasteiger partial charge in [0.1, 0.15) is 0 Å². The first-order valence-electron chi connectivity index (χ1n) is 0.507. The molecule has 0 aliphatic carbocycles. The third-order valence-electron chi connectivity index (χ3n) is 0. The molecule has 0 rings (SSSR count). The van der Waals surface area contributed by atoms with Crippen LogP contribution in [0.3, 0.4) is 0 Å². The first-order chi connectivity index (χ1) is 1.73. The summed E-state index contributed by atoms with van der Waals surface area (Å²) in [6.07, 6.45) is 0. The minimum atomic E-state index is -4.12. The van der Waals surface area contributed by atoms with Crippen LogP contribution in [0.25, 0.3) is 0 Å². The van der Waals surface area contributed by atoms with Gasteiger partial charge in [-0.25, -0.2) is 0 Å². The van der Waals surface area contributed by atoms with Crippen LogP contribution in [-0.2, 0) is 0 Å². The topological polar surface area (TPSA) is 0 Å². The first-order valence-corrected chi connectivity index (χ1v) is 1.52. The van der Waals surface area contributed by atoms with Crippen LogP contribution < -0.4 is 0 Å². The maximum atomic E-state index is 9.73. The van der Waals surface area contributed by atoms with Gasteiger partial charge in [0.25, 0.3) is 0 Å². The highest BCUT2D eigenvalue weighted by Gasteiger charge is 1.78. The van der Waals surface area contributed by atoms with Crippen molar-refractivity contribution in [3.63, 3.8) is 0 Å². The molecule has 0 N–H and O–H groups in total. The van der Waals surface area contributed by atoms with Crippen LogP contribution in [0.1, 0.15) is 0 Å². The smallest absolute Gasteiger partial charge is 0.128 e. The molecule has 0 nitrogen and oxygen atoms in total. The zero-order valence-electron chi connectivity index (χ0n) is 1.58. The monoisotopic (exact) mass is 90.0 g/mol. The van der Waals surface area contributed by atoms with E-state index in [4.69, 9.17) is 0 Å². The number of rotatable bonds is 0. The van der Waals surface area contributed by atoms with E-state index in [2.05, 4.69) is 0 Å². The molecule has 0 aliphatic rings. The van der Waals surface area contributed by atoms with Crippen LogP contribution in [0.5, 0.6) is 0 Å². The minimum Gasteiger partial charge on any atom is -0.128 e. The molecule has 0 aromatic carbocycles. The molecule has 4 heavy (non-hydrogen) atoms. The number of hydrogen-bond donors (Lipinski definition) is 1.